The molecular weight excluding hydrogens is 563 g/mol. The van der Waals surface area contributed by atoms with Crippen molar-refractivity contribution in [3.63, 3.8) is 0 Å². The zero-order valence-electron chi connectivity index (χ0n) is 20.3. The van der Waals surface area contributed by atoms with E-state index in [4.69, 9.17) is 28.0 Å². The number of amides is 2. The fourth-order valence-electron chi connectivity index (χ4n) is 3.54. The van der Waals surface area contributed by atoms with E-state index in [1.807, 2.05) is 0 Å². The summed E-state index contributed by atoms with van der Waals surface area (Å²) in [6.45, 7) is 1.19. The van der Waals surface area contributed by atoms with Crippen molar-refractivity contribution in [1.82, 2.24) is 10.6 Å². The molecule has 210 valence electrons. The third kappa shape index (κ3) is 8.39. The molecule has 0 fully saturated rings. The zero-order valence-corrected chi connectivity index (χ0v) is 21.8. The van der Waals surface area contributed by atoms with Crippen LogP contribution >= 0.6 is 23.2 Å². The highest BCUT2D eigenvalue weighted by atomic mass is 35.5. The van der Waals surface area contributed by atoms with Crippen molar-refractivity contribution in [2.75, 3.05) is 13.1 Å². The Labute approximate surface area is 225 Å². The molecule has 0 spiro atoms. The molecule has 0 bridgehead atoms. The molecule has 0 saturated heterocycles. The third-order valence-electron chi connectivity index (χ3n) is 5.47. The summed E-state index contributed by atoms with van der Waals surface area (Å²) < 4.78 is 79.4. The highest BCUT2D eigenvalue weighted by Gasteiger charge is 2.62. The summed E-state index contributed by atoms with van der Waals surface area (Å²) >= 11 is 11.8. The Bertz CT molecular complexity index is 1100. The molecule has 1 aromatic carbocycles. The van der Waals surface area contributed by atoms with Gasteiger partial charge in [0.2, 0.25) is 11.8 Å². The van der Waals surface area contributed by atoms with E-state index in [9.17, 15) is 35.9 Å². The van der Waals surface area contributed by atoms with Gasteiger partial charge in [-0.3, -0.25) is 9.59 Å². The third-order valence-corrected chi connectivity index (χ3v) is 5.90. The van der Waals surface area contributed by atoms with Gasteiger partial charge in [0.25, 0.3) is 5.60 Å². The van der Waals surface area contributed by atoms with Crippen LogP contribution in [0.4, 0.5) is 26.3 Å². The number of carbonyl (C=O) groups excluding carboxylic acids is 2. The number of benzene rings is 1. The van der Waals surface area contributed by atoms with Gasteiger partial charge < -0.3 is 15.5 Å². The number of oxime groups is 1. The van der Waals surface area contributed by atoms with Crippen molar-refractivity contribution in [2.45, 2.75) is 51.1 Å². The second-order valence-electron chi connectivity index (χ2n) is 8.34. The quantitative estimate of drug-likeness (QED) is 0.251. The Balaban J connectivity index is 2.18. The van der Waals surface area contributed by atoms with Crippen molar-refractivity contribution in [3.8, 4) is 0 Å². The number of nitrogens with zero attached hydrogens (tertiary/aromatic N) is 1. The van der Waals surface area contributed by atoms with Crippen molar-refractivity contribution >= 4 is 40.7 Å². The van der Waals surface area contributed by atoms with Crippen LogP contribution in [0.2, 0.25) is 10.0 Å². The lowest BCUT2D eigenvalue weighted by Gasteiger charge is -2.29. The first kappa shape index (κ1) is 31.5. The summed E-state index contributed by atoms with van der Waals surface area (Å²) in [7, 11) is 0. The molecule has 2 rings (SSSR count). The molecule has 1 aliphatic heterocycles. The summed E-state index contributed by atoms with van der Waals surface area (Å²) in [6, 6.07) is 3.48. The van der Waals surface area contributed by atoms with Crippen LogP contribution in [0.15, 0.2) is 47.2 Å². The predicted octanol–water partition coefficient (Wildman–Crippen LogP) is 6.24. The number of nitrogens with one attached hydrogen (secondary N) is 2. The van der Waals surface area contributed by atoms with Crippen LogP contribution in [0.1, 0.15) is 38.7 Å². The molecule has 2 unspecified atom stereocenters. The fourth-order valence-corrected chi connectivity index (χ4v) is 4.06. The first-order chi connectivity index (χ1) is 17.6. The average Bonchev–Trinajstić information content (AvgIpc) is 3.27. The Morgan fingerprint density at radius 1 is 1.11 bits per heavy atom. The predicted molar refractivity (Wildman–Crippen MR) is 131 cm³/mol. The molecule has 6 nitrogen and oxygen atoms in total. The van der Waals surface area contributed by atoms with Crippen molar-refractivity contribution < 1.29 is 40.8 Å². The summed E-state index contributed by atoms with van der Waals surface area (Å²) in [5, 5.41) is 7.56. The fraction of sp³-hybridized carbons (Fsp3) is 0.458. The van der Waals surface area contributed by atoms with Gasteiger partial charge in [-0.1, -0.05) is 60.4 Å². The van der Waals surface area contributed by atoms with Gasteiger partial charge in [0, 0.05) is 22.0 Å². The Kier molecular flexibility index (Phi) is 10.7. The molecule has 14 heteroatoms. The minimum Gasteiger partial charge on any atom is -0.374 e. The number of rotatable bonds is 10. The topological polar surface area (TPSA) is 79.8 Å². The van der Waals surface area contributed by atoms with Gasteiger partial charge in [-0.2, -0.15) is 26.3 Å². The summed E-state index contributed by atoms with van der Waals surface area (Å²) in [4.78, 5) is 29.0. The standard InChI is InChI=1S/C24H25Cl2F6N3O3/c1-3-5-15(7-6-14(4-2)21(37)33-12-20(36)34-13-23(27,28)29)19-11-22(38-35-19,24(30,31)32)16-8-17(25)10-18(26)9-16/h5-10,14H,3-4,11-13H2,1-2H3,(H,33,37)(H,34,36)/b7-6-,15-5+. The molecule has 1 aliphatic rings. The maximum atomic E-state index is 14.3. The van der Waals surface area contributed by atoms with Crippen LogP contribution < -0.4 is 10.6 Å². The van der Waals surface area contributed by atoms with E-state index in [-0.39, 0.29) is 33.3 Å². The van der Waals surface area contributed by atoms with Crippen molar-refractivity contribution in [1.29, 1.82) is 0 Å². The molecular formula is C24H25Cl2F6N3O3. The number of carbonyl (C=O) groups is 2. The normalized spacial score (nSPS) is 19.2. The van der Waals surface area contributed by atoms with Gasteiger partial charge in [0.15, 0.2) is 0 Å². The molecule has 2 N–H and O–H groups in total. The molecule has 0 radical (unpaired) electrons. The summed E-state index contributed by atoms with van der Waals surface area (Å²) in [6.07, 6.45) is -5.07. The smallest absolute Gasteiger partial charge is 0.374 e. The molecule has 2 atom stereocenters. The second-order valence-corrected chi connectivity index (χ2v) is 9.21. The van der Waals surface area contributed by atoms with E-state index in [0.717, 1.165) is 12.1 Å². The molecule has 2 amide bonds. The van der Waals surface area contributed by atoms with Gasteiger partial charge in [-0.15, -0.1) is 0 Å². The number of hydrogen-bond donors (Lipinski definition) is 2. The lowest BCUT2D eigenvalue weighted by atomic mass is 9.86. The summed E-state index contributed by atoms with van der Waals surface area (Å²) in [5.74, 6) is -2.50. The molecule has 0 aliphatic carbocycles. The highest BCUT2D eigenvalue weighted by Crippen LogP contribution is 2.49. The van der Waals surface area contributed by atoms with E-state index in [1.165, 1.54) is 18.2 Å². The van der Waals surface area contributed by atoms with Gasteiger partial charge in [-0.25, -0.2) is 0 Å². The second kappa shape index (κ2) is 12.9. The van der Waals surface area contributed by atoms with Crippen molar-refractivity contribution in [2.24, 2.45) is 11.1 Å². The van der Waals surface area contributed by atoms with Crippen molar-refractivity contribution in [3.05, 3.63) is 57.6 Å². The molecule has 0 saturated carbocycles. The van der Waals surface area contributed by atoms with Crippen LogP contribution in [0.5, 0.6) is 0 Å². The molecule has 1 aromatic rings. The van der Waals surface area contributed by atoms with Gasteiger partial charge in [0.1, 0.15) is 6.54 Å². The van der Waals surface area contributed by atoms with Crippen LogP contribution in [0.25, 0.3) is 0 Å². The minimum atomic E-state index is -4.88. The SMILES string of the molecule is CC/C=C(\C=C/C(CC)C(=O)NCC(=O)NCC(F)(F)F)C1=NOC(c2cc(Cl)cc(Cl)c2)(C(F)(F)F)C1. The molecule has 0 aromatic heterocycles. The molecule has 1 heterocycles. The van der Waals surface area contributed by atoms with Gasteiger partial charge >= 0.3 is 12.4 Å². The van der Waals surface area contributed by atoms with Gasteiger partial charge in [-0.05, 0) is 36.6 Å². The average molecular weight is 588 g/mol. The Morgan fingerprint density at radius 3 is 2.26 bits per heavy atom. The number of allylic oxidation sites excluding steroid dienone is 3. The van der Waals surface area contributed by atoms with Crippen LogP contribution in [-0.4, -0.2) is 43.0 Å². The largest absolute Gasteiger partial charge is 0.435 e. The van der Waals surface area contributed by atoms with Crippen LogP contribution in [0.3, 0.4) is 0 Å². The lowest BCUT2D eigenvalue weighted by molar-refractivity contribution is -0.275. The Morgan fingerprint density at radius 2 is 1.74 bits per heavy atom. The first-order valence-corrected chi connectivity index (χ1v) is 12.2. The maximum absolute atomic E-state index is 14.3. The zero-order chi connectivity index (χ0) is 28.7. The lowest BCUT2D eigenvalue weighted by Crippen LogP contribution is -2.42. The van der Waals surface area contributed by atoms with E-state index < -0.39 is 55.2 Å². The molecule has 38 heavy (non-hydrogen) atoms. The Hall–Kier alpha value is -2.73. The van der Waals surface area contributed by atoms with E-state index >= 15 is 0 Å². The van der Waals surface area contributed by atoms with E-state index in [0.29, 0.717) is 6.42 Å². The first-order valence-electron chi connectivity index (χ1n) is 11.4. The van der Waals surface area contributed by atoms with Crippen LogP contribution in [0, 0.1) is 5.92 Å². The monoisotopic (exact) mass is 587 g/mol. The van der Waals surface area contributed by atoms with Gasteiger partial charge in [0.05, 0.1) is 18.2 Å². The number of alkyl halides is 6. The van der Waals surface area contributed by atoms with E-state index in [2.05, 4.69) is 10.5 Å². The maximum Gasteiger partial charge on any atom is 0.435 e. The number of hydrogen-bond acceptors (Lipinski definition) is 4. The number of halogens is 8. The van der Waals surface area contributed by atoms with E-state index in [1.54, 1.807) is 25.2 Å². The summed E-state index contributed by atoms with van der Waals surface area (Å²) in [5.41, 5.74) is -2.90. The highest BCUT2D eigenvalue weighted by molar-refractivity contribution is 6.34. The minimum absolute atomic E-state index is 0.0127. The van der Waals surface area contributed by atoms with Crippen LogP contribution in [-0.2, 0) is 20.0 Å².